The van der Waals surface area contributed by atoms with Crippen LogP contribution in [0.4, 0.5) is 0 Å². The molecule has 0 aliphatic rings. The van der Waals surface area contributed by atoms with Crippen molar-refractivity contribution in [2.24, 2.45) is 0 Å². The predicted octanol–water partition coefficient (Wildman–Crippen LogP) is 1.41. The van der Waals surface area contributed by atoms with Crippen molar-refractivity contribution in [3.63, 3.8) is 0 Å². The van der Waals surface area contributed by atoms with Gasteiger partial charge in [0.05, 0.1) is 5.56 Å². The summed E-state index contributed by atoms with van der Waals surface area (Å²) in [4.78, 5) is 23.6. The minimum Gasteiger partial charge on any atom is -0.288 e. The Hall–Kier alpha value is -2.10. The third-order valence-electron chi connectivity index (χ3n) is 2.07. The molecule has 0 spiro atoms. The number of hydrogen-bond donors (Lipinski definition) is 0. The van der Waals surface area contributed by atoms with Gasteiger partial charge in [0.2, 0.25) is 0 Å². The lowest BCUT2D eigenvalue weighted by Gasteiger charge is -2.02. The normalized spacial score (nSPS) is 9.93. The molecule has 0 atom stereocenters. The van der Waals surface area contributed by atoms with E-state index in [9.17, 15) is 4.79 Å². The van der Waals surface area contributed by atoms with Gasteiger partial charge in [0.1, 0.15) is 6.33 Å². The molecule has 0 unspecified atom stereocenters. The number of carbonyl (C=O) groups excluding carboxylic acids is 1. The molecule has 15 heavy (non-hydrogen) atoms. The second-order valence-electron chi connectivity index (χ2n) is 3.09. The fourth-order valence-electron chi connectivity index (χ4n) is 1.30. The van der Waals surface area contributed by atoms with Gasteiger partial charge >= 0.3 is 0 Å². The van der Waals surface area contributed by atoms with Crippen LogP contribution in [0.25, 0.3) is 0 Å². The number of rotatable bonds is 2. The van der Waals surface area contributed by atoms with Crippen LogP contribution < -0.4 is 0 Å². The average molecular weight is 199 g/mol. The second kappa shape index (κ2) is 3.96. The first-order chi connectivity index (χ1) is 7.29. The van der Waals surface area contributed by atoms with Crippen molar-refractivity contribution in [3.8, 4) is 0 Å². The monoisotopic (exact) mass is 199 g/mol. The Morgan fingerprint density at radius 2 is 2.00 bits per heavy atom. The summed E-state index contributed by atoms with van der Waals surface area (Å²) in [5.41, 5.74) is 1.78. The predicted molar refractivity (Wildman–Crippen MR) is 54.4 cm³/mol. The number of aromatic nitrogens is 3. The van der Waals surface area contributed by atoms with E-state index in [4.69, 9.17) is 0 Å². The van der Waals surface area contributed by atoms with Crippen molar-refractivity contribution in [2.75, 3.05) is 0 Å². The van der Waals surface area contributed by atoms with Gasteiger partial charge in [-0.15, -0.1) is 0 Å². The molecule has 2 aromatic heterocycles. The van der Waals surface area contributed by atoms with E-state index >= 15 is 0 Å². The highest BCUT2D eigenvalue weighted by atomic mass is 16.1. The molecule has 0 aromatic carbocycles. The molecule has 2 heterocycles. The highest BCUT2D eigenvalue weighted by Gasteiger charge is 2.11. The van der Waals surface area contributed by atoms with Crippen LogP contribution in [-0.4, -0.2) is 20.7 Å². The smallest absolute Gasteiger partial charge is 0.197 e. The summed E-state index contributed by atoms with van der Waals surface area (Å²) in [6.45, 7) is 1.80. The number of hydrogen-bond acceptors (Lipinski definition) is 4. The third kappa shape index (κ3) is 1.88. The van der Waals surface area contributed by atoms with Crippen molar-refractivity contribution in [1.29, 1.82) is 0 Å². The second-order valence-corrected chi connectivity index (χ2v) is 3.09. The Bertz CT molecular complexity index is 482. The van der Waals surface area contributed by atoms with E-state index in [1.54, 1.807) is 25.3 Å². The first kappa shape index (κ1) is 9.45. The molecule has 0 bridgehead atoms. The third-order valence-corrected chi connectivity index (χ3v) is 2.07. The Balaban J connectivity index is 2.42. The number of ketones is 1. The molecule has 0 fully saturated rings. The minimum atomic E-state index is -0.0961. The maximum absolute atomic E-state index is 11.9. The lowest BCUT2D eigenvalue weighted by atomic mass is 10.1. The van der Waals surface area contributed by atoms with E-state index in [0.29, 0.717) is 16.8 Å². The zero-order chi connectivity index (χ0) is 10.7. The molecule has 2 aromatic rings. The summed E-state index contributed by atoms with van der Waals surface area (Å²) in [7, 11) is 0. The van der Waals surface area contributed by atoms with Gasteiger partial charge in [-0.1, -0.05) is 0 Å². The van der Waals surface area contributed by atoms with Gasteiger partial charge in [0.25, 0.3) is 0 Å². The Morgan fingerprint density at radius 3 is 2.67 bits per heavy atom. The van der Waals surface area contributed by atoms with E-state index in [2.05, 4.69) is 15.0 Å². The maximum atomic E-state index is 11.9. The van der Waals surface area contributed by atoms with Crippen LogP contribution in [0.2, 0.25) is 0 Å². The maximum Gasteiger partial charge on any atom is 0.197 e. The van der Waals surface area contributed by atoms with Gasteiger partial charge in [0, 0.05) is 29.8 Å². The number of nitrogens with zero attached hydrogens (tertiary/aromatic N) is 3. The van der Waals surface area contributed by atoms with Gasteiger partial charge < -0.3 is 0 Å². The Morgan fingerprint density at radius 1 is 1.27 bits per heavy atom. The highest BCUT2D eigenvalue weighted by Crippen LogP contribution is 2.09. The largest absolute Gasteiger partial charge is 0.288 e. The molecule has 74 valence electrons. The minimum absolute atomic E-state index is 0.0961. The SMILES string of the molecule is Cc1ncccc1C(=O)c1cncnc1. The van der Waals surface area contributed by atoms with Gasteiger partial charge in [0.15, 0.2) is 5.78 Å². The Kier molecular flexibility index (Phi) is 2.49. The zero-order valence-corrected chi connectivity index (χ0v) is 8.21. The molecule has 0 amide bonds. The Labute approximate surface area is 87.0 Å². The number of pyridine rings is 1. The van der Waals surface area contributed by atoms with Crippen LogP contribution >= 0.6 is 0 Å². The van der Waals surface area contributed by atoms with Gasteiger partial charge in [-0.2, -0.15) is 0 Å². The van der Waals surface area contributed by atoms with Crippen molar-refractivity contribution >= 4 is 5.78 Å². The summed E-state index contributed by atoms with van der Waals surface area (Å²) in [5, 5.41) is 0. The molecular formula is C11H9N3O. The molecule has 0 N–H and O–H groups in total. The first-order valence-electron chi connectivity index (χ1n) is 4.50. The molecule has 2 rings (SSSR count). The van der Waals surface area contributed by atoms with Gasteiger partial charge in [-0.3, -0.25) is 9.78 Å². The standard InChI is InChI=1S/C11H9N3O/c1-8-10(3-2-4-14-8)11(15)9-5-12-7-13-6-9/h2-7H,1H3. The fourth-order valence-corrected chi connectivity index (χ4v) is 1.30. The van der Waals surface area contributed by atoms with Crippen molar-refractivity contribution in [1.82, 2.24) is 15.0 Å². The molecular weight excluding hydrogens is 190 g/mol. The van der Waals surface area contributed by atoms with E-state index in [1.807, 2.05) is 0 Å². The van der Waals surface area contributed by atoms with Crippen molar-refractivity contribution < 1.29 is 4.79 Å². The molecule has 0 saturated heterocycles. The molecule has 0 aliphatic heterocycles. The van der Waals surface area contributed by atoms with E-state index in [0.717, 1.165) is 0 Å². The number of carbonyl (C=O) groups is 1. The van der Waals surface area contributed by atoms with Crippen molar-refractivity contribution in [3.05, 3.63) is 53.9 Å². The quantitative estimate of drug-likeness (QED) is 0.686. The summed E-state index contributed by atoms with van der Waals surface area (Å²) >= 11 is 0. The molecule has 0 aliphatic carbocycles. The summed E-state index contributed by atoms with van der Waals surface area (Å²) < 4.78 is 0. The van der Waals surface area contributed by atoms with E-state index < -0.39 is 0 Å². The zero-order valence-electron chi connectivity index (χ0n) is 8.21. The lowest BCUT2D eigenvalue weighted by molar-refractivity contribution is 0.103. The molecule has 4 heteroatoms. The average Bonchev–Trinajstić information content (AvgIpc) is 2.30. The molecule has 4 nitrogen and oxygen atoms in total. The van der Waals surface area contributed by atoms with Gasteiger partial charge in [-0.25, -0.2) is 9.97 Å². The van der Waals surface area contributed by atoms with Crippen molar-refractivity contribution in [2.45, 2.75) is 6.92 Å². The van der Waals surface area contributed by atoms with Crippen LogP contribution in [-0.2, 0) is 0 Å². The first-order valence-corrected chi connectivity index (χ1v) is 4.50. The molecule has 0 radical (unpaired) electrons. The highest BCUT2D eigenvalue weighted by molar-refractivity contribution is 6.09. The summed E-state index contributed by atoms with van der Waals surface area (Å²) in [6.07, 6.45) is 6.06. The van der Waals surface area contributed by atoms with Crippen LogP contribution in [0.5, 0.6) is 0 Å². The van der Waals surface area contributed by atoms with Crippen LogP contribution in [0.1, 0.15) is 21.6 Å². The topological polar surface area (TPSA) is 55.7 Å². The van der Waals surface area contributed by atoms with Gasteiger partial charge in [-0.05, 0) is 19.1 Å². The van der Waals surface area contributed by atoms with Crippen LogP contribution in [0.15, 0.2) is 37.1 Å². The van der Waals surface area contributed by atoms with Crippen LogP contribution in [0.3, 0.4) is 0 Å². The van der Waals surface area contributed by atoms with E-state index in [-0.39, 0.29) is 5.78 Å². The fraction of sp³-hybridized carbons (Fsp3) is 0.0909. The van der Waals surface area contributed by atoms with Crippen LogP contribution in [0, 0.1) is 6.92 Å². The lowest BCUT2D eigenvalue weighted by Crippen LogP contribution is -2.05. The molecule has 0 saturated carbocycles. The number of aryl methyl sites for hydroxylation is 1. The summed E-state index contributed by atoms with van der Waals surface area (Å²) in [6, 6.07) is 3.49. The van der Waals surface area contributed by atoms with E-state index in [1.165, 1.54) is 18.7 Å². The summed E-state index contributed by atoms with van der Waals surface area (Å²) in [5.74, 6) is -0.0961.